The summed E-state index contributed by atoms with van der Waals surface area (Å²) in [6, 6.07) is 37.6. The first-order valence-corrected chi connectivity index (χ1v) is 15.0. The maximum absolute atomic E-state index is 14.1. The summed E-state index contributed by atoms with van der Waals surface area (Å²) in [4.78, 5) is 41.3. The summed E-state index contributed by atoms with van der Waals surface area (Å²) in [6.45, 7) is 0.160. The zero-order valence-corrected chi connectivity index (χ0v) is 25.0. The number of cyclic esters (lactones) is 1. The SMILES string of the molecule is N#Cc1ccc(-c2ccc(-n3ccc(C(CC(=O)OCc4ccccc4)C(=O)N4C(=O)OCC4Cc4ccccc4)c3)cc2)cc1. The second kappa shape index (κ2) is 13.8. The highest BCUT2D eigenvalue weighted by Gasteiger charge is 2.42. The van der Waals surface area contributed by atoms with Crippen molar-refractivity contribution in [1.82, 2.24) is 9.47 Å². The van der Waals surface area contributed by atoms with Crippen molar-refractivity contribution in [1.29, 1.82) is 5.26 Å². The zero-order chi connectivity index (χ0) is 31.9. The van der Waals surface area contributed by atoms with Crippen molar-refractivity contribution in [3.05, 3.63) is 150 Å². The minimum absolute atomic E-state index is 0.0789. The van der Waals surface area contributed by atoms with Crippen molar-refractivity contribution >= 4 is 18.0 Å². The highest BCUT2D eigenvalue weighted by molar-refractivity contribution is 5.99. The van der Waals surface area contributed by atoms with E-state index in [4.69, 9.17) is 14.7 Å². The minimum atomic E-state index is -0.966. The third-order valence-electron chi connectivity index (χ3n) is 8.06. The van der Waals surface area contributed by atoms with E-state index in [2.05, 4.69) is 6.07 Å². The van der Waals surface area contributed by atoms with Gasteiger partial charge >= 0.3 is 12.1 Å². The second-order valence-electron chi connectivity index (χ2n) is 11.1. The number of hydrogen-bond acceptors (Lipinski definition) is 6. The Morgan fingerprint density at radius 2 is 1.48 bits per heavy atom. The van der Waals surface area contributed by atoms with Gasteiger partial charge in [0.15, 0.2) is 0 Å². The first-order valence-electron chi connectivity index (χ1n) is 15.0. The molecule has 1 aromatic heterocycles. The molecule has 1 saturated heterocycles. The van der Waals surface area contributed by atoms with Crippen molar-refractivity contribution in [3.63, 3.8) is 0 Å². The molecule has 1 aliphatic heterocycles. The Kier molecular flexibility index (Phi) is 9.02. The zero-order valence-electron chi connectivity index (χ0n) is 25.0. The van der Waals surface area contributed by atoms with E-state index in [9.17, 15) is 14.4 Å². The van der Waals surface area contributed by atoms with E-state index in [0.717, 1.165) is 32.8 Å². The number of aromatic nitrogens is 1. The molecule has 1 fully saturated rings. The van der Waals surface area contributed by atoms with Gasteiger partial charge < -0.3 is 14.0 Å². The summed E-state index contributed by atoms with van der Waals surface area (Å²) in [5.74, 6) is -2.02. The smallest absolute Gasteiger partial charge is 0.417 e. The molecular weight excluding hydrogens is 578 g/mol. The largest absolute Gasteiger partial charge is 0.461 e. The van der Waals surface area contributed by atoms with E-state index >= 15 is 0 Å². The van der Waals surface area contributed by atoms with E-state index < -0.39 is 29.9 Å². The van der Waals surface area contributed by atoms with Crippen LogP contribution in [0.3, 0.4) is 0 Å². The summed E-state index contributed by atoms with van der Waals surface area (Å²) in [6.07, 6.45) is 3.11. The van der Waals surface area contributed by atoms with E-state index in [1.807, 2.05) is 108 Å². The maximum Gasteiger partial charge on any atom is 0.417 e. The van der Waals surface area contributed by atoms with E-state index in [-0.39, 0.29) is 19.6 Å². The molecule has 0 radical (unpaired) electrons. The number of nitrogens with zero attached hydrogens (tertiary/aromatic N) is 3. The average molecular weight is 610 g/mol. The number of nitriles is 1. The Balaban J connectivity index is 1.24. The van der Waals surface area contributed by atoms with Gasteiger partial charge in [-0.3, -0.25) is 9.59 Å². The van der Waals surface area contributed by atoms with Crippen LogP contribution in [0, 0.1) is 11.3 Å². The number of ether oxygens (including phenoxy) is 2. The van der Waals surface area contributed by atoms with Crippen LogP contribution in [0.4, 0.5) is 4.79 Å². The molecule has 2 atom stereocenters. The second-order valence-corrected chi connectivity index (χ2v) is 11.1. The number of rotatable bonds is 10. The fraction of sp³-hybridized carbons (Fsp3) is 0.158. The summed E-state index contributed by atoms with van der Waals surface area (Å²) in [5.41, 5.74) is 5.81. The first-order chi connectivity index (χ1) is 22.5. The quantitative estimate of drug-likeness (QED) is 0.161. The molecule has 1 aliphatic rings. The molecule has 4 aromatic carbocycles. The number of benzene rings is 4. The predicted molar refractivity (Wildman–Crippen MR) is 172 cm³/mol. The molecule has 5 aromatic rings. The van der Waals surface area contributed by atoms with E-state index in [1.165, 1.54) is 0 Å². The number of carbonyl (C=O) groups excluding carboxylic acids is 3. The molecule has 46 heavy (non-hydrogen) atoms. The number of amides is 2. The highest BCUT2D eigenvalue weighted by atomic mass is 16.6. The van der Waals surface area contributed by atoms with Crippen LogP contribution in [0.15, 0.2) is 128 Å². The van der Waals surface area contributed by atoms with E-state index in [1.54, 1.807) is 24.4 Å². The lowest BCUT2D eigenvalue weighted by Gasteiger charge is -2.24. The lowest BCUT2D eigenvalue weighted by molar-refractivity contribution is -0.148. The lowest BCUT2D eigenvalue weighted by atomic mass is 9.95. The van der Waals surface area contributed by atoms with Crippen LogP contribution in [-0.4, -0.2) is 40.1 Å². The van der Waals surface area contributed by atoms with Gasteiger partial charge in [-0.25, -0.2) is 9.69 Å². The monoisotopic (exact) mass is 609 g/mol. The van der Waals surface area contributed by atoms with Crippen LogP contribution >= 0.6 is 0 Å². The first kappa shape index (κ1) is 30.1. The van der Waals surface area contributed by atoms with Gasteiger partial charge in [0.25, 0.3) is 0 Å². The molecule has 0 N–H and O–H groups in total. The fourth-order valence-corrected chi connectivity index (χ4v) is 5.59. The van der Waals surface area contributed by atoms with Gasteiger partial charge in [-0.05, 0) is 64.6 Å². The van der Waals surface area contributed by atoms with Crippen molar-refractivity contribution in [2.45, 2.75) is 31.4 Å². The summed E-state index contributed by atoms with van der Waals surface area (Å²) < 4.78 is 12.8. The standard InChI is InChI=1S/C38H31N3O5/c39-23-28-11-13-30(14-12-28)31-15-17-33(18-16-31)40-20-19-32(24-40)35(22-36(42)45-25-29-9-5-2-6-10-29)37(43)41-34(26-46-38(41)44)21-27-7-3-1-4-8-27/h1-20,24,34-35H,21-22,25-26H2. The molecular formula is C38H31N3O5. The molecule has 0 aliphatic carbocycles. The number of imide groups is 1. The van der Waals surface area contributed by atoms with Crippen LogP contribution in [0.2, 0.25) is 0 Å². The van der Waals surface area contributed by atoms with Gasteiger partial charge in [0.1, 0.15) is 13.2 Å². The Labute approximate surface area is 267 Å². The Morgan fingerprint density at radius 1 is 0.848 bits per heavy atom. The summed E-state index contributed by atoms with van der Waals surface area (Å²) in [7, 11) is 0. The molecule has 0 saturated carbocycles. The lowest BCUT2D eigenvalue weighted by Crippen LogP contribution is -2.43. The van der Waals surface area contributed by atoms with Crippen molar-refractivity contribution in [2.75, 3.05) is 6.61 Å². The van der Waals surface area contributed by atoms with Gasteiger partial charge in [0, 0.05) is 18.1 Å². The number of carbonyl (C=O) groups is 3. The molecule has 6 rings (SSSR count). The molecule has 2 heterocycles. The van der Waals surface area contributed by atoms with Crippen LogP contribution in [0.5, 0.6) is 0 Å². The normalized spacial score (nSPS) is 14.7. The molecule has 8 heteroatoms. The fourth-order valence-electron chi connectivity index (χ4n) is 5.59. The molecule has 2 unspecified atom stereocenters. The molecule has 0 spiro atoms. The van der Waals surface area contributed by atoms with Crippen molar-refractivity contribution < 1.29 is 23.9 Å². The summed E-state index contributed by atoms with van der Waals surface area (Å²) >= 11 is 0. The topological polar surface area (TPSA) is 102 Å². The van der Waals surface area contributed by atoms with Gasteiger partial charge in [-0.2, -0.15) is 5.26 Å². The van der Waals surface area contributed by atoms with Gasteiger partial charge in [-0.1, -0.05) is 84.9 Å². The predicted octanol–water partition coefficient (Wildman–Crippen LogP) is 6.82. The van der Waals surface area contributed by atoms with Crippen molar-refractivity contribution in [2.24, 2.45) is 0 Å². The molecule has 2 amide bonds. The molecule has 228 valence electrons. The number of hydrogen-bond donors (Lipinski definition) is 0. The van der Waals surface area contributed by atoms with Crippen LogP contribution in [0.1, 0.15) is 34.6 Å². The number of esters is 1. The van der Waals surface area contributed by atoms with Crippen LogP contribution in [-0.2, 0) is 32.1 Å². The molecule has 8 nitrogen and oxygen atoms in total. The highest BCUT2D eigenvalue weighted by Crippen LogP contribution is 2.30. The average Bonchev–Trinajstić information content (AvgIpc) is 3.74. The Hall–Kier alpha value is -5.94. The van der Waals surface area contributed by atoms with Gasteiger partial charge in [0.2, 0.25) is 5.91 Å². The Bertz CT molecular complexity index is 1860. The third kappa shape index (κ3) is 6.90. The van der Waals surface area contributed by atoms with Crippen LogP contribution in [0.25, 0.3) is 16.8 Å². The minimum Gasteiger partial charge on any atom is -0.461 e. The summed E-state index contributed by atoms with van der Waals surface area (Å²) in [5, 5.41) is 9.08. The van der Waals surface area contributed by atoms with Crippen molar-refractivity contribution in [3.8, 4) is 22.9 Å². The van der Waals surface area contributed by atoms with Gasteiger partial charge in [-0.15, -0.1) is 0 Å². The third-order valence-corrected chi connectivity index (χ3v) is 8.06. The Morgan fingerprint density at radius 3 is 2.13 bits per heavy atom. The van der Waals surface area contributed by atoms with Crippen LogP contribution < -0.4 is 0 Å². The van der Waals surface area contributed by atoms with E-state index in [0.29, 0.717) is 17.5 Å². The van der Waals surface area contributed by atoms with Gasteiger partial charge in [0.05, 0.1) is 30.0 Å². The molecule has 0 bridgehead atoms. The maximum atomic E-state index is 14.1.